The Hall–Kier alpha value is -0.810. The second-order valence-corrected chi connectivity index (χ2v) is 2.94. The molecule has 0 aliphatic heterocycles. The SMILES string of the molecule is CCOCCN(CCOCC)C(=O)NC. The van der Waals surface area contributed by atoms with E-state index in [1.807, 2.05) is 13.8 Å². The molecule has 0 aromatic heterocycles. The molecule has 0 atom stereocenters. The van der Waals surface area contributed by atoms with Crippen LogP contribution < -0.4 is 5.32 Å². The number of rotatable bonds is 8. The lowest BCUT2D eigenvalue weighted by molar-refractivity contribution is 0.0930. The lowest BCUT2D eigenvalue weighted by atomic mass is 10.5. The third-order valence-electron chi connectivity index (χ3n) is 1.92. The van der Waals surface area contributed by atoms with Gasteiger partial charge in [-0.3, -0.25) is 0 Å². The average molecular weight is 218 g/mol. The Labute approximate surface area is 91.7 Å². The van der Waals surface area contributed by atoms with Crippen molar-refractivity contribution in [2.75, 3.05) is 46.6 Å². The van der Waals surface area contributed by atoms with Crippen molar-refractivity contribution in [3.63, 3.8) is 0 Å². The molecular formula is C10H22N2O3. The monoisotopic (exact) mass is 218 g/mol. The maximum Gasteiger partial charge on any atom is 0.317 e. The normalized spacial score (nSPS) is 10.1. The van der Waals surface area contributed by atoms with Crippen LogP contribution in [0.5, 0.6) is 0 Å². The smallest absolute Gasteiger partial charge is 0.317 e. The summed E-state index contributed by atoms with van der Waals surface area (Å²) in [5.41, 5.74) is 0. The van der Waals surface area contributed by atoms with Crippen LogP contribution in [-0.4, -0.2) is 57.5 Å². The molecule has 0 saturated carbocycles. The van der Waals surface area contributed by atoms with Crippen LogP contribution in [0.4, 0.5) is 4.79 Å². The minimum absolute atomic E-state index is 0.0885. The number of urea groups is 1. The number of amides is 2. The van der Waals surface area contributed by atoms with Crippen molar-refractivity contribution in [3.8, 4) is 0 Å². The highest BCUT2D eigenvalue weighted by molar-refractivity contribution is 5.73. The van der Waals surface area contributed by atoms with Gasteiger partial charge in [-0.05, 0) is 13.8 Å². The lowest BCUT2D eigenvalue weighted by Gasteiger charge is -2.21. The summed E-state index contributed by atoms with van der Waals surface area (Å²) in [5, 5.41) is 2.59. The van der Waals surface area contributed by atoms with E-state index in [4.69, 9.17) is 9.47 Å². The van der Waals surface area contributed by atoms with Gasteiger partial charge in [0.05, 0.1) is 13.2 Å². The fraction of sp³-hybridized carbons (Fsp3) is 0.900. The molecule has 2 amide bonds. The molecule has 0 saturated heterocycles. The van der Waals surface area contributed by atoms with E-state index in [1.54, 1.807) is 11.9 Å². The molecule has 0 heterocycles. The first-order chi connectivity index (χ1) is 7.26. The van der Waals surface area contributed by atoms with Gasteiger partial charge in [-0.2, -0.15) is 0 Å². The number of carbonyl (C=O) groups is 1. The predicted molar refractivity (Wildman–Crippen MR) is 59.0 cm³/mol. The highest BCUT2D eigenvalue weighted by atomic mass is 16.5. The highest BCUT2D eigenvalue weighted by Crippen LogP contribution is 1.91. The molecule has 1 N–H and O–H groups in total. The van der Waals surface area contributed by atoms with Crippen LogP contribution in [0.25, 0.3) is 0 Å². The van der Waals surface area contributed by atoms with Crippen LogP contribution in [0, 0.1) is 0 Å². The Morgan fingerprint density at radius 2 is 1.60 bits per heavy atom. The third-order valence-corrected chi connectivity index (χ3v) is 1.92. The van der Waals surface area contributed by atoms with E-state index in [0.717, 1.165) is 0 Å². The number of nitrogens with one attached hydrogen (secondary N) is 1. The van der Waals surface area contributed by atoms with Gasteiger partial charge in [0, 0.05) is 33.4 Å². The maximum atomic E-state index is 11.4. The quantitative estimate of drug-likeness (QED) is 0.610. The Balaban J connectivity index is 3.79. The van der Waals surface area contributed by atoms with Crippen molar-refractivity contribution in [2.24, 2.45) is 0 Å². The molecule has 15 heavy (non-hydrogen) atoms. The average Bonchev–Trinajstić information content (AvgIpc) is 2.26. The van der Waals surface area contributed by atoms with Gasteiger partial charge in [-0.15, -0.1) is 0 Å². The van der Waals surface area contributed by atoms with Crippen LogP contribution in [0.2, 0.25) is 0 Å². The first-order valence-corrected chi connectivity index (χ1v) is 5.38. The molecule has 0 aromatic carbocycles. The minimum atomic E-state index is -0.0885. The molecule has 0 radical (unpaired) electrons. The van der Waals surface area contributed by atoms with Gasteiger partial charge in [-0.1, -0.05) is 0 Å². The van der Waals surface area contributed by atoms with E-state index in [2.05, 4.69) is 5.32 Å². The summed E-state index contributed by atoms with van der Waals surface area (Å²) in [6, 6.07) is -0.0885. The largest absolute Gasteiger partial charge is 0.380 e. The Morgan fingerprint density at radius 3 is 1.93 bits per heavy atom. The molecule has 0 aromatic rings. The predicted octanol–water partition coefficient (Wildman–Crippen LogP) is 0.701. The van der Waals surface area contributed by atoms with Crippen molar-refractivity contribution in [2.45, 2.75) is 13.8 Å². The van der Waals surface area contributed by atoms with Gasteiger partial charge >= 0.3 is 6.03 Å². The molecule has 0 bridgehead atoms. The standard InChI is InChI=1S/C10H22N2O3/c1-4-14-8-6-12(10(13)11-3)7-9-15-5-2/h4-9H2,1-3H3,(H,11,13). The molecule has 5 nitrogen and oxygen atoms in total. The first kappa shape index (κ1) is 14.2. The summed E-state index contributed by atoms with van der Waals surface area (Å²) >= 11 is 0. The number of hydrogen-bond donors (Lipinski definition) is 1. The van der Waals surface area contributed by atoms with Crippen LogP contribution in [0.3, 0.4) is 0 Å². The van der Waals surface area contributed by atoms with Crippen molar-refractivity contribution >= 4 is 6.03 Å². The second-order valence-electron chi connectivity index (χ2n) is 2.94. The van der Waals surface area contributed by atoms with Gasteiger partial charge in [0.25, 0.3) is 0 Å². The Kier molecular flexibility index (Phi) is 9.21. The molecule has 90 valence electrons. The summed E-state index contributed by atoms with van der Waals surface area (Å²) < 4.78 is 10.4. The zero-order chi connectivity index (χ0) is 11.5. The fourth-order valence-corrected chi connectivity index (χ4v) is 1.11. The van der Waals surface area contributed by atoms with Crippen LogP contribution >= 0.6 is 0 Å². The lowest BCUT2D eigenvalue weighted by Crippen LogP contribution is -2.42. The summed E-state index contributed by atoms with van der Waals surface area (Å²) in [7, 11) is 1.62. The van der Waals surface area contributed by atoms with E-state index in [-0.39, 0.29) is 6.03 Å². The molecule has 0 unspecified atom stereocenters. The van der Waals surface area contributed by atoms with Crippen molar-refractivity contribution < 1.29 is 14.3 Å². The molecule has 5 heteroatoms. The second kappa shape index (κ2) is 9.73. The molecule has 0 spiro atoms. The van der Waals surface area contributed by atoms with E-state index in [1.165, 1.54) is 0 Å². The molecule has 0 aliphatic rings. The molecule has 0 fully saturated rings. The summed E-state index contributed by atoms with van der Waals surface area (Å²) in [6.07, 6.45) is 0. The van der Waals surface area contributed by atoms with Crippen molar-refractivity contribution in [1.82, 2.24) is 10.2 Å². The number of hydrogen-bond acceptors (Lipinski definition) is 3. The third kappa shape index (κ3) is 7.16. The maximum absolute atomic E-state index is 11.4. The fourth-order valence-electron chi connectivity index (χ4n) is 1.11. The van der Waals surface area contributed by atoms with Gasteiger partial charge in [0.2, 0.25) is 0 Å². The van der Waals surface area contributed by atoms with Crippen LogP contribution in [-0.2, 0) is 9.47 Å². The summed E-state index contributed by atoms with van der Waals surface area (Å²) in [5.74, 6) is 0. The number of carbonyl (C=O) groups excluding carboxylic acids is 1. The van der Waals surface area contributed by atoms with Gasteiger partial charge in [-0.25, -0.2) is 4.79 Å². The molecular weight excluding hydrogens is 196 g/mol. The van der Waals surface area contributed by atoms with Crippen molar-refractivity contribution in [1.29, 1.82) is 0 Å². The Morgan fingerprint density at radius 1 is 1.13 bits per heavy atom. The van der Waals surface area contributed by atoms with Crippen LogP contribution in [0.1, 0.15) is 13.8 Å². The first-order valence-electron chi connectivity index (χ1n) is 5.38. The van der Waals surface area contributed by atoms with Crippen LogP contribution in [0.15, 0.2) is 0 Å². The number of nitrogens with zero attached hydrogens (tertiary/aromatic N) is 1. The van der Waals surface area contributed by atoms with Gasteiger partial charge in [0.1, 0.15) is 0 Å². The van der Waals surface area contributed by atoms with E-state index >= 15 is 0 Å². The Bertz CT molecular complexity index is 155. The van der Waals surface area contributed by atoms with E-state index < -0.39 is 0 Å². The summed E-state index contributed by atoms with van der Waals surface area (Å²) in [6.45, 7) is 7.54. The van der Waals surface area contributed by atoms with Gasteiger partial charge < -0.3 is 19.7 Å². The minimum Gasteiger partial charge on any atom is -0.380 e. The topological polar surface area (TPSA) is 50.8 Å². The van der Waals surface area contributed by atoms with Gasteiger partial charge in [0.15, 0.2) is 0 Å². The summed E-state index contributed by atoms with van der Waals surface area (Å²) in [4.78, 5) is 13.1. The van der Waals surface area contributed by atoms with Crippen molar-refractivity contribution in [3.05, 3.63) is 0 Å². The molecule has 0 rings (SSSR count). The zero-order valence-electron chi connectivity index (χ0n) is 9.91. The van der Waals surface area contributed by atoms with E-state index in [9.17, 15) is 4.79 Å². The van der Waals surface area contributed by atoms with E-state index in [0.29, 0.717) is 39.5 Å². The number of ether oxygens (including phenoxy) is 2. The molecule has 0 aliphatic carbocycles. The highest BCUT2D eigenvalue weighted by Gasteiger charge is 2.10. The zero-order valence-corrected chi connectivity index (χ0v) is 9.91.